The zero-order valence-corrected chi connectivity index (χ0v) is 13.0. The third-order valence-electron chi connectivity index (χ3n) is 4.65. The summed E-state index contributed by atoms with van der Waals surface area (Å²) in [6, 6.07) is 7.75. The number of amides is 2. The second kappa shape index (κ2) is 6.34. The predicted octanol–water partition coefficient (Wildman–Crippen LogP) is 2.74. The molecule has 1 aromatic carbocycles. The quantitative estimate of drug-likeness (QED) is 0.872. The first-order valence-electron chi connectivity index (χ1n) is 8.05. The van der Waals surface area contributed by atoms with Gasteiger partial charge in [-0.15, -0.1) is 0 Å². The Morgan fingerprint density at radius 3 is 2.73 bits per heavy atom. The molecule has 1 aromatic rings. The molecule has 0 bridgehead atoms. The van der Waals surface area contributed by atoms with Crippen molar-refractivity contribution in [3.8, 4) is 0 Å². The Labute approximate surface area is 131 Å². The average molecular weight is 298 g/mol. The third-order valence-corrected chi connectivity index (χ3v) is 4.65. The monoisotopic (exact) mass is 298 g/mol. The van der Waals surface area contributed by atoms with Crippen LogP contribution in [0.3, 0.4) is 0 Å². The van der Waals surface area contributed by atoms with Crippen molar-refractivity contribution in [2.45, 2.75) is 32.1 Å². The molecule has 1 N–H and O–H groups in total. The number of hydrogen-bond donors (Lipinski definition) is 1. The molecule has 1 aliphatic carbocycles. The molecular weight excluding hydrogens is 276 g/mol. The first-order valence-corrected chi connectivity index (χ1v) is 8.05. The molecule has 0 saturated heterocycles. The SMILES string of the molecule is CNC(=O)/C=C1/C(=O)N(CC2CCCCC2)c2ccccc21. The highest BCUT2D eigenvalue weighted by Crippen LogP contribution is 2.38. The number of hydrogen-bond acceptors (Lipinski definition) is 2. The predicted molar refractivity (Wildman–Crippen MR) is 87.4 cm³/mol. The fourth-order valence-corrected chi connectivity index (χ4v) is 3.46. The summed E-state index contributed by atoms with van der Waals surface area (Å²) >= 11 is 0. The maximum atomic E-state index is 12.8. The molecule has 4 heteroatoms. The Morgan fingerprint density at radius 2 is 2.00 bits per heavy atom. The summed E-state index contributed by atoms with van der Waals surface area (Å²) in [6.45, 7) is 0.765. The summed E-state index contributed by atoms with van der Waals surface area (Å²) < 4.78 is 0. The van der Waals surface area contributed by atoms with Crippen molar-refractivity contribution < 1.29 is 9.59 Å². The number of para-hydroxylation sites is 1. The van der Waals surface area contributed by atoms with E-state index in [1.165, 1.54) is 38.2 Å². The van der Waals surface area contributed by atoms with Gasteiger partial charge in [0.1, 0.15) is 0 Å². The van der Waals surface area contributed by atoms with Gasteiger partial charge in [-0.1, -0.05) is 37.5 Å². The van der Waals surface area contributed by atoms with Gasteiger partial charge >= 0.3 is 0 Å². The van der Waals surface area contributed by atoms with E-state index in [-0.39, 0.29) is 11.8 Å². The van der Waals surface area contributed by atoms with Gasteiger partial charge in [0.25, 0.3) is 5.91 Å². The summed E-state index contributed by atoms with van der Waals surface area (Å²) in [5.74, 6) is 0.290. The maximum Gasteiger partial charge on any atom is 0.259 e. The van der Waals surface area contributed by atoms with Gasteiger partial charge < -0.3 is 10.2 Å². The van der Waals surface area contributed by atoms with E-state index in [9.17, 15) is 9.59 Å². The van der Waals surface area contributed by atoms with Gasteiger partial charge in [0.2, 0.25) is 5.91 Å². The molecule has 2 aliphatic rings. The first-order chi connectivity index (χ1) is 10.7. The minimum atomic E-state index is -0.238. The molecule has 0 aromatic heterocycles. The molecule has 116 valence electrons. The molecule has 2 amide bonds. The van der Waals surface area contributed by atoms with E-state index >= 15 is 0 Å². The zero-order chi connectivity index (χ0) is 15.5. The first kappa shape index (κ1) is 14.8. The summed E-state index contributed by atoms with van der Waals surface area (Å²) in [4.78, 5) is 26.3. The van der Waals surface area contributed by atoms with Gasteiger partial charge in [-0.05, 0) is 24.8 Å². The van der Waals surface area contributed by atoms with Crippen LogP contribution in [-0.4, -0.2) is 25.4 Å². The fraction of sp³-hybridized carbons (Fsp3) is 0.444. The minimum absolute atomic E-state index is 0.0460. The van der Waals surface area contributed by atoms with Crippen LogP contribution in [0.5, 0.6) is 0 Å². The van der Waals surface area contributed by atoms with Crippen LogP contribution in [0.25, 0.3) is 5.57 Å². The molecule has 3 rings (SSSR count). The van der Waals surface area contributed by atoms with Crippen LogP contribution in [0, 0.1) is 5.92 Å². The maximum absolute atomic E-state index is 12.8. The Kier molecular flexibility index (Phi) is 4.27. The Hall–Kier alpha value is -2.10. The molecule has 22 heavy (non-hydrogen) atoms. The number of benzene rings is 1. The van der Waals surface area contributed by atoms with Crippen LogP contribution in [0.1, 0.15) is 37.7 Å². The van der Waals surface area contributed by atoms with Gasteiger partial charge in [0.05, 0.1) is 11.3 Å². The van der Waals surface area contributed by atoms with Gasteiger partial charge in [-0.2, -0.15) is 0 Å². The van der Waals surface area contributed by atoms with Crippen molar-refractivity contribution in [2.24, 2.45) is 5.92 Å². The fourth-order valence-electron chi connectivity index (χ4n) is 3.46. The van der Waals surface area contributed by atoms with Crippen LogP contribution < -0.4 is 10.2 Å². The highest BCUT2D eigenvalue weighted by molar-refractivity contribution is 6.34. The summed E-state index contributed by atoms with van der Waals surface area (Å²) in [5, 5.41) is 2.55. The molecule has 1 aliphatic heterocycles. The molecule has 1 saturated carbocycles. The van der Waals surface area contributed by atoms with E-state index < -0.39 is 0 Å². The van der Waals surface area contributed by atoms with E-state index in [1.54, 1.807) is 7.05 Å². The van der Waals surface area contributed by atoms with E-state index in [4.69, 9.17) is 0 Å². The number of nitrogens with one attached hydrogen (secondary N) is 1. The Bertz CT molecular complexity index is 615. The number of fused-ring (bicyclic) bond motifs is 1. The van der Waals surface area contributed by atoms with Crippen molar-refractivity contribution in [3.63, 3.8) is 0 Å². The molecular formula is C18H22N2O2. The largest absolute Gasteiger partial charge is 0.356 e. The lowest BCUT2D eigenvalue weighted by atomic mass is 9.89. The second-order valence-corrected chi connectivity index (χ2v) is 6.11. The standard InChI is InChI=1S/C18H22N2O2/c1-19-17(21)11-15-14-9-5-6-10-16(14)20(18(15)22)12-13-7-3-2-4-8-13/h5-6,9-11,13H,2-4,7-8,12H2,1H3,(H,19,21)/b15-11+. The van der Waals surface area contributed by atoms with E-state index in [2.05, 4.69) is 5.32 Å². The molecule has 0 atom stereocenters. The van der Waals surface area contributed by atoms with Crippen molar-refractivity contribution in [1.82, 2.24) is 5.32 Å². The van der Waals surface area contributed by atoms with Crippen LogP contribution in [0.15, 0.2) is 30.3 Å². The summed E-state index contributed by atoms with van der Waals surface area (Å²) in [5.41, 5.74) is 2.31. The van der Waals surface area contributed by atoms with Crippen LogP contribution in [0.4, 0.5) is 5.69 Å². The lowest BCUT2D eigenvalue weighted by molar-refractivity contribution is -0.117. The van der Waals surface area contributed by atoms with E-state index in [0.29, 0.717) is 11.5 Å². The van der Waals surface area contributed by atoms with Crippen LogP contribution in [0.2, 0.25) is 0 Å². The van der Waals surface area contributed by atoms with Crippen LogP contribution in [-0.2, 0) is 9.59 Å². The second-order valence-electron chi connectivity index (χ2n) is 6.11. The van der Waals surface area contributed by atoms with Gasteiger partial charge in [0.15, 0.2) is 0 Å². The third kappa shape index (κ3) is 2.78. The van der Waals surface area contributed by atoms with E-state index in [0.717, 1.165) is 17.8 Å². The lowest BCUT2D eigenvalue weighted by Crippen LogP contribution is -2.33. The molecule has 0 radical (unpaired) electrons. The lowest BCUT2D eigenvalue weighted by Gasteiger charge is -2.27. The van der Waals surface area contributed by atoms with Gasteiger partial charge in [-0.25, -0.2) is 0 Å². The van der Waals surface area contributed by atoms with Gasteiger partial charge in [-0.3, -0.25) is 9.59 Å². The number of likely N-dealkylation sites (N-methyl/N-ethyl adjacent to an activating group) is 1. The number of anilines is 1. The Balaban J connectivity index is 1.90. The number of rotatable bonds is 3. The van der Waals surface area contributed by atoms with Crippen molar-refractivity contribution in [2.75, 3.05) is 18.5 Å². The molecule has 4 nitrogen and oxygen atoms in total. The zero-order valence-electron chi connectivity index (χ0n) is 13.0. The molecule has 0 unspecified atom stereocenters. The molecule has 1 fully saturated rings. The van der Waals surface area contributed by atoms with Crippen molar-refractivity contribution >= 4 is 23.1 Å². The molecule has 1 heterocycles. The highest BCUT2D eigenvalue weighted by Gasteiger charge is 2.34. The number of nitrogens with zero attached hydrogens (tertiary/aromatic N) is 1. The van der Waals surface area contributed by atoms with E-state index in [1.807, 2.05) is 29.2 Å². The van der Waals surface area contributed by atoms with Crippen molar-refractivity contribution in [3.05, 3.63) is 35.9 Å². The van der Waals surface area contributed by atoms with Crippen molar-refractivity contribution in [1.29, 1.82) is 0 Å². The molecule has 0 spiro atoms. The smallest absolute Gasteiger partial charge is 0.259 e. The van der Waals surface area contributed by atoms with Crippen LogP contribution >= 0.6 is 0 Å². The minimum Gasteiger partial charge on any atom is -0.356 e. The summed E-state index contributed by atoms with van der Waals surface area (Å²) in [6.07, 6.45) is 7.64. The topological polar surface area (TPSA) is 49.4 Å². The number of carbonyl (C=O) groups excluding carboxylic acids is 2. The normalized spacial score (nSPS) is 20.3. The summed E-state index contributed by atoms with van der Waals surface area (Å²) in [7, 11) is 1.57. The Morgan fingerprint density at radius 1 is 1.27 bits per heavy atom. The average Bonchev–Trinajstić information content (AvgIpc) is 2.82. The number of carbonyl (C=O) groups is 2. The van der Waals surface area contributed by atoms with Gasteiger partial charge in [0, 0.05) is 25.2 Å². The highest BCUT2D eigenvalue weighted by atomic mass is 16.2.